The Kier molecular flexibility index (Phi) is 4.17. The minimum atomic E-state index is 0.314. The Balaban J connectivity index is 2.23. The summed E-state index contributed by atoms with van der Waals surface area (Å²) in [6.45, 7) is 0.314. The molecule has 0 unspecified atom stereocenters. The van der Waals surface area contributed by atoms with Crippen LogP contribution in [0.3, 0.4) is 0 Å². The molecule has 94 valence electrons. The van der Waals surface area contributed by atoms with Crippen LogP contribution in [-0.4, -0.2) is 18.4 Å². The van der Waals surface area contributed by atoms with Crippen LogP contribution in [0.25, 0.3) is 0 Å². The molecule has 0 fully saturated rings. The third kappa shape index (κ3) is 2.80. The highest BCUT2D eigenvalue weighted by Crippen LogP contribution is 2.36. The smallest absolute Gasteiger partial charge is 0.180 e. The molecule has 1 aromatic carbocycles. The van der Waals surface area contributed by atoms with E-state index in [9.17, 15) is 4.79 Å². The molecule has 6 heteroatoms. The van der Waals surface area contributed by atoms with Gasteiger partial charge in [-0.1, -0.05) is 11.6 Å². The lowest BCUT2D eigenvalue weighted by atomic mass is 10.2. The summed E-state index contributed by atoms with van der Waals surface area (Å²) in [6, 6.07) is 3.12. The molecule has 0 amide bonds. The molecule has 1 aromatic heterocycles. The molecule has 18 heavy (non-hydrogen) atoms. The second-order valence-corrected chi connectivity index (χ2v) is 4.75. The van der Waals surface area contributed by atoms with E-state index in [1.54, 1.807) is 12.3 Å². The third-order valence-electron chi connectivity index (χ3n) is 2.21. The molecule has 1 heterocycles. The standard InChI is InChI=1S/C12H10ClNO3S/c1-16-10-5-8(6-15)4-9(13)12(10)17-7-11-14-2-3-18-11/h2-6H,7H2,1H3. The summed E-state index contributed by atoms with van der Waals surface area (Å²) in [5, 5.41) is 3.05. The molecular formula is C12H10ClNO3S. The van der Waals surface area contributed by atoms with Gasteiger partial charge in [-0.15, -0.1) is 11.3 Å². The Labute approximate surface area is 113 Å². The first-order valence-corrected chi connectivity index (χ1v) is 6.34. The highest BCUT2D eigenvalue weighted by atomic mass is 35.5. The van der Waals surface area contributed by atoms with E-state index in [0.717, 1.165) is 5.01 Å². The molecule has 0 N–H and O–H groups in total. The molecule has 0 radical (unpaired) electrons. The molecule has 0 saturated heterocycles. The molecule has 0 aliphatic rings. The molecule has 0 atom stereocenters. The van der Waals surface area contributed by atoms with Crippen molar-refractivity contribution in [2.24, 2.45) is 0 Å². The zero-order chi connectivity index (χ0) is 13.0. The van der Waals surface area contributed by atoms with Crippen molar-refractivity contribution in [1.82, 2.24) is 4.98 Å². The topological polar surface area (TPSA) is 48.4 Å². The van der Waals surface area contributed by atoms with Crippen LogP contribution in [0.2, 0.25) is 5.02 Å². The highest BCUT2D eigenvalue weighted by molar-refractivity contribution is 7.09. The van der Waals surface area contributed by atoms with Crippen molar-refractivity contribution in [2.75, 3.05) is 7.11 Å². The molecule has 2 rings (SSSR count). The van der Waals surface area contributed by atoms with E-state index in [0.29, 0.717) is 35.0 Å². The summed E-state index contributed by atoms with van der Waals surface area (Å²) < 4.78 is 10.7. The number of aldehydes is 1. The van der Waals surface area contributed by atoms with Crippen molar-refractivity contribution in [1.29, 1.82) is 0 Å². The van der Waals surface area contributed by atoms with Crippen LogP contribution in [0.1, 0.15) is 15.4 Å². The second kappa shape index (κ2) is 5.84. The predicted octanol–water partition coefficient (Wildman–Crippen LogP) is 3.20. The van der Waals surface area contributed by atoms with Gasteiger partial charge in [0.25, 0.3) is 0 Å². The number of rotatable bonds is 5. The molecule has 0 aliphatic carbocycles. The summed E-state index contributed by atoms with van der Waals surface area (Å²) in [7, 11) is 1.50. The van der Waals surface area contributed by atoms with Crippen molar-refractivity contribution in [2.45, 2.75) is 6.61 Å². The van der Waals surface area contributed by atoms with Gasteiger partial charge < -0.3 is 9.47 Å². The summed E-state index contributed by atoms with van der Waals surface area (Å²) >= 11 is 7.54. The minimum Gasteiger partial charge on any atom is -0.493 e. The fourth-order valence-electron chi connectivity index (χ4n) is 1.41. The maximum absolute atomic E-state index is 10.7. The van der Waals surface area contributed by atoms with Gasteiger partial charge in [-0.05, 0) is 12.1 Å². The lowest BCUT2D eigenvalue weighted by Gasteiger charge is -2.11. The maximum Gasteiger partial charge on any atom is 0.180 e. The van der Waals surface area contributed by atoms with E-state index in [2.05, 4.69) is 4.98 Å². The van der Waals surface area contributed by atoms with Gasteiger partial charge in [0.1, 0.15) is 17.9 Å². The Hall–Kier alpha value is -1.59. The summed E-state index contributed by atoms with van der Waals surface area (Å²) in [5.41, 5.74) is 0.443. The van der Waals surface area contributed by atoms with E-state index < -0.39 is 0 Å². The van der Waals surface area contributed by atoms with Crippen molar-refractivity contribution in [3.8, 4) is 11.5 Å². The Morgan fingerprint density at radius 2 is 2.33 bits per heavy atom. The molecule has 0 saturated carbocycles. The number of thiazole rings is 1. The van der Waals surface area contributed by atoms with Gasteiger partial charge in [0.05, 0.1) is 12.1 Å². The first kappa shape index (κ1) is 12.9. The fraction of sp³-hybridized carbons (Fsp3) is 0.167. The number of nitrogens with zero attached hydrogens (tertiary/aromatic N) is 1. The van der Waals surface area contributed by atoms with Gasteiger partial charge in [0.2, 0.25) is 0 Å². The van der Waals surface area contributed by atoms with E-state index in [1.807, 2.05) is 5.38 Å². The number of hydrogen-bond donors (Lipinski definition) is 0. The van der Waals surface area contributed by atoms with Crippen LogP contribution < -0.4 is 9.47 Å². The normalized spacial score (nSPS) is 10.1. The number of aromatic nitrogens is 1. The van der Waals surface area contributed by atoms with Crippen LogP contribution >= 0.6 is 22.9 Å². The highest BCUT2D eigenvalue weighted by Gasteiger charge is 2.12. The molecular weight excluding hydrogens is 274 g/mol. The molecule has 2 aromatic rings. The maximum atomic E-state index is 10.7. The van der Waals surface area contributed by atoms with E-state index in [1.165, 1.54) is 24.5 Å². The van der Waals surface area contributed by atoms with Crippen LogP contribution in [0.4, 0.5) is 0 Å². The number of halogens is 1. The lowest BCUT2D eigenvalue weighted by Crippen LogP contribution is -1.99. The number of ether oxygens (including phenoxy) is 2. The Morgan fingerprint density at radius 1 is 1.50 bits per heavy atom. The van der Waals surface area contributed by atoms with Gasteiger partial charge in [-0.3, -0.25) is 4.79 Å². The van der Waals surface area contributed by atoms with Crippen molar-refractivity contribution in [3.63, 3.8) is 0 Å². The van der Waals surface area contributed by atoms with Crippen LogP contribution in [-0.2, 0) is 6.61 Å². The number of carbonyl (C=O) groups excluding carboxylic acids is 1. The Morgan fingerprint density at radius 3 is 2.94 bits per heavy atom. The van der Waals surface area contributed by atoms with Crippen LogP contribution in [0.5, 0.6) is 11.5 Å². The van der Waals surface area contributed by atoms with Gasteiger partial charge in [0, 0.05) is 17.1 Å². The van der Waals surface area contributed by atoms with Gasteiger partial charge >= 0.3 is 0 Å². The van der Waals surface area contributed by atoms with E-state index in [-0.39, 0.29) is 0 Å². The van der Waals surface area contributed by atoms with Gasteiger partial charge in [-0.2, -0.15) is 0 Å². The Bertz CT molecular complexity index is 543. The molecule has 0 bridgehead atoms. The summed E-state index contributed by atoms with van der Waals surface area (Å²) in [4.78, 5) is 14.8. The van der Waals surface area contributed by atoms with E-state index in [4.69, 9.17) is 21.1 Å². The second-order valence-electron chi connectivity index (χ2n) is 3.37. The number of carbonyl (C=O) groups is 1. The molecule has 0 aliphatic heterocycles. The molecule has 0 spiro atoms. The average Bonchev–Trinajstić information content (AvgIpc) is 2.89. The van der Waals surface area contributed by atoms with Crippen LogP contribution in [0, 0.1) is 0 Å². The minimum absolute atomic E-state index is 0.314. The van der Waals surface area contributed by atoms with Gasteiger partial charge in [0.15, 0.2) is 11.5 Å². The summed E-state index contributed by atoms with van der Waals surface area (Å²) in [6.07, 6.45) is 2.41. The average molecular weight is 284 g/mol. The zero-order valence-electron chi connectivity index (χ0n) is 9.55. The summed E-state index contributed by atoms with van der Waals surface area (Å²) in [5.74, 6) is 0.848. The van der Waals surface area contributed by atoms with Crippen LogP contribution in [0.15, 0.2) is 23.7 Å². The largest absolute Gasteiger partial charge is 0.493 e. The SMILES string of the molecule is COc1cc(C=O)cc(Cl)c1OCc1nccs1. The monoisotopic (exact) mass is 283 g/mol. The van der Waals surface area contributed by atoms with Crippen molar-refractivity contribution in [3.05, 3.63) is 39.3 Å². The molecule has 4 nitrogen and oxygen atoms in total. The van der Waals surface area contributed by atoms with E-state index >= 15 is 0 Å². The quantitative estimate of drug-likeness (QED) is 0.791. The lowest BCUT2D eigenvalue weighted by molar-refractivity contribution is 0.112. The first-order valence-electron chi connectivity index (χ1n) is 5.08. The van der Waals surface area contributed by atoms with Crippen molar-refractivity contribution < 1.29 is 14.3 Å². The van der Waals surface area contributed by atoms with Crippen molar-refractivity contribution >= 4 is 29.2 Å². The first-order chi connectivity index (χ1) is 8.74. The zero-order valence-corrected chi connectivity index (χ0v) is 11.1. The number of benzene rings is 1. The van der Waals surface area contributed by atoms with Gasteiger partial charge in [-0.25, -0.2) is 4.98 Å². The fourth-order valence-corrected chi connectivity index (χ4v) is 2.21. The predicted molar refractivity (Wildman–Crippen MR) is 69.8 cm³/mol. The number of hydrogen-bond acceptors (Lipinski definition) is 5. The number of methoxy groups -OCH3 is 1. The third-order valence-corrected chi connectivity index (χ3v) is 3.25.